The highest BCUT2D eigenvalue weighted by Crippen LogP contribution is 2.33. The third kappa shape index (κ3) is 3.01. The van der Waals surface area contributed by atoms with Crippen LogP contribution >= 0.6 is 0 Å². The maximum atomic E-state index is 13.0. The van der Waals surface area contributed by atoms with Crippen LogP contribution in [0.3, 0.4) is 0 Å². The van der Waals surface area contributed by atoms with Crippen LogP contribution in [0, 0.1) is 5.92 Å². The number of ether oxygens (including phenoxy) is 1. The molecule has 2 fully saturated rings. The second-order valence-corrected chi connectivity index (χ2v) is 7.19. The number of H-pyrrole nitrogens is 1. The summed E-state index contributed by atoms with van der Waals surface area (Å²) in [4.78, 5) is 15.1. The van der Waals surface area contributed by atoms with Gasteiger partial charge in [-0.15, -0.1) is 0 Å². The predicted molar refractivity (Wildman–Crippen MR) is 85.0 cm³/mol. The number of hydrogen-bond acceptors (Lipinski definition) is 4. The number of nitrogens with zero attached hydrogens (tertiary/aromatic N) is 3. The highest BCUT2D eigenvalue weighted by Gasteiger charge is 2.36. The highest BCUT2D eigenvalue weighted by atomic mass is 16.5. The molecule has 23 heavy (non-hydrogen) atoms. The van der Waals surface area contributed by atoms with Gasteiger partial charge < -0.3 is 9.64 Å². The standard InChI is InChI=1S/C17H26N4O2/c22-17(13-7-4-8-14-16(13)19-20-18-14)21-9-10-23-15(11-21)12-5-2-1-3-6-12/h12-13,15H,1-11H2,(H,18,19,20). The van der Waals surface area contributed by atoms with Gasteiger partial charge in [-0.3, -0.25) is 4.79 Å². The first-order valence-corrected chi connectivity index (χ1v) is 9.13. The van der Waals surface area contributed by atoms with Crippen molar-refractivity contribution in [3.8, 4) is 0 Å². The number of aromatic amines is 1. The lowest BCUT2D eigenvalue weighted by Gasteiger charge is -2.39. The van der Waals surface area contributed by atoms with Crippen LogP contribution in [0.1, 0.15) is 62.3 Å². The first-order chi connectivity index (χ1) is 11.3. The van der Waals surface area contributed by atoms with Crippen LogP contribution in [0.2, 0.25) is 0 Å². The third-order valence-corrected chi connectivity index (χ3v) is 5.77. The van der Waals surface area contributed by atoms with Crippen LogP contribution in [0.4, 0.5) is 0 Å². The first-order valence-electron chi connectivity index (χ1n) is 9.13. The zero-order chi connectivity index (χ0) is 15.6. The summed E-state index contributed by atoms with van der Waals surface area (Å²) in [5.41, 5.74) is 1.86. The lowest BCUT2D eigenvalue weighted by molar-refractivity contribution is -0.143. The van der Waals surface area contributed by atoms with Gasteiger partial charge in [-0.2, -0.15) is 15.4 Å². The number of nitrogens with one attached hydrogen (secondary N) is 1. The Hall–Kier alpha value is -1.43. The number of morpholine rings is 1. The second-order valence-electron chi connectivity index (χ2n) is 7.19. The van der Waals surface area contributed by atoms with Crippen molar-refractivity contribution in [2.75, 3.05) is 19.7 Å². The molecule has 1 saturated carbocycles. The number of aromatic nitrogens is 3. The Bertz CT molecular complexity index is 553. The van der Waals surface area contributed by atoms with E-state index in [9.17, 15) is 4.79 Å². The van der Waals surface area contributed by atoms with Gasteiger partial charge in [0.15, 0.2) is 0 Å². The molecule has 0 aromatic carbocycles. The van der Waals surface area contributed by atoms with Crippen molar-refractivity contribution in [2.24, 2.45) is 5.92 Å². The van der Waals surface area contributed by atoms with Crippen molar-refractivity contribution in [3.63, 3.8) is 0 Å². The van der Waals surface area contributed by atoms with Gasteiger partial charge in [0.05, 0.1) is 30.0 Å². The number of fused-ring (bicyclic) bond motifs is 1. The molecule has 2 unspecified atom stereocenters. The second kappa shape index (κ2) is 6.59. The number of aryl methyl sites for hydroxylation is 1. The molecule has 1 N–H and O–H groups in total. The highest BCUT2D eigenvalue weighted by molar-refractivity contribution is 5.83. The SMILES string of the molecule is O=C(C1CCCc2n[nH]nc21)N1CCOC(C2CCCCC2)C1. The van der Waals surface area contributed by atoms with E-state index in [2.05, 4.69) is 15.4 Å². The fraction of sp³-hybridized carbons (Fsp3) is 0.824. The molecule has 2 heterocycles. The lowest BCUT2D eigenvalue weighted by atomic mass is 9.84. The Morgan fingerprint density at radius 2 is 2.00 bits per heavy atom. The molecular formula is C17H26N4O2. The molecule has 1 saturated heterocycles. The average Bonchev–Trinajstić information content (AvgIpc) is 3.11. The summed E-state index contributed by atoms with van der Waals surface area (Å²) in [6.07, 6.45) is 9.55. The van der Waals surface area contributed by atoms with Gasteiger partial charge in [0.25, 0.3) is 0 Å². The van der Waals surface area contributed by atoms with Gasteiger partial charge in [0.2, 0.25) is 5.91 Å². The Labute approximate surface area is 137 Å². The van der Waals surface area contributed by atoms with Gasteiger partial charge in [-0.05, 0) is 38.0 Å². The quantitative estimate of drug-likeness (QED) is 0.906. The Balaban J connectivity index is 1.44. The van der Waals surface area contributed by atoms with E-state index in [1.165, 1.54) is 32.1 Å². The van der Waals surface area contributed by atoms with Crippen molar-refractivity contribution >= 4 is 5.91 Å². The maximum Gasteiger partial charge on any atom is 0.232 e. The van der Waals surface area contributed by atoms with E-state index < -0.39 is 0 Å². The molecular weight excluding hydrogens is 292 g/mol. The Morgan fingerprint density at radius 1 is 1.13 bits per heavy atom. The molecule has 2 aliphatic carbocycles. The van der Waals surface area contributed by atoms with Gasteiger partial charge in [-0.25, -0.2) is 0 Å². The van der Waals surface area contributed by atoms with Gasteiger partial charge in [-0.1, -0.05) is 19.3 Å². The Morgan fingerprint density at radius 3 is 2.87 bits per heavy atom. The molecule has 6 heteroatoms. The molecule has 0 radical (unpaired) electrons. The summed E-state index contributed by atoms with van der Waals surface area (Å²) in [5, 5.41) is 11.1. The van der Waals surface area contributed by atoms with E-state index in [0.29, 0.717) is 19.1 Å². The number of rotatable bonds is 2. The number of carbonyl (C=O) groups is 1. The normalized spacial score (nSPS) is 29.3. The van der Waals surface area contributed by atoms with E-state index >= 15 is 0 Å². The van der Waals surface area contributed by atoms with Crippen LogP contribution in [-0.4, -0.2) is 52.0 Å². The minimum Gasteiger partial charge on any atom is -0.374 e. The van der Waals surface area contributed by atoms with Gasteiger partial charge in [0, 0.05) is 13.1 Å². The van der Waals surface area contributed by atoms with E-state index in [1.54, 1.807) is 0 Å². The molecule has 6 nitrogen and oxygen atoms in total. The number of carbonyl (C=O) groups excluding carboxylic acids is 1. The van der Waals surface area contributed by atoms with Crippen LogP contribution in [0.25, 0.3) is 0 Å². The van der Waals surface area contributed by atoms with Crippen molar-refractivity contribution in [1.29, 1.82) is 0 Å². The fourth-order valence-electron chi connectivity index (χ4n) is 4.46. The van der Waals surface area contributed by atoms with Crippen LogP contribution in [-0.2, 0) is 16.0 Å². The largest absolute Gasteiger partial charge is 0.374 e. The van der Waals surface area contributed by atoms with Crippen LogP contribution in [0.15, 0.2) is 0 Å². The van der Waals surface area contributed by atoms with E-state index in [4.69, 9.17) is 4.74 Å². The van der Waals surface area contributed by atoms with Crippen molar-refractivity contribution in [3.05, 3.63) is 11.4 Å². The zero-order valence-electron chi connectivity index (χ0n) is 13.7. The van der Waals surface area contributed by atoms with E-state index in [1.807, 2.05) is 4.90 Å². The monoisotopic (exact) mass is 318 g/mol. The average molecular weight is 318 g/mol. The maximum absolute atomic E-state index is 13.0. The van der Waals surface area contributed by atoms with Crippen LogP contribution in [0.5, 0.6) is 0 Å². The van der Waals surface area contributed by atoms with E-state index in [0.717, 1.165) is 37.2 Å². The predicted octanol–water partition coefficient (Wildman–Crippen LogP) is 2.03. The minimum atomic E-state index is -0.109. The van der Waals surface area contributed by atoms with Crippen molar-refractivity contribution < 1.29 is 9.53 Å². The summed E-state index contributed by atoms with van der Waals surface area (Å²) in [6, 6.07) is 0. The Kier molecular flexibility index (Phi) is 4.33. The van der Waals surface area contributed by atoms with Crippen molar-refractivity contribution in [1.82, 2.24) is 20.3 Å². The molecule has 3 aliphatic rings. The molecule has 0 bridgehead atoms. The summed E-state index contributed by atoms with van der Waals surface area (Å²) in [5.74, 6) is 0.750. The summed E-state index contributed by atoms with van der Waals surface area (Å²) in [6.45, 7) is 2.14. The van der Waals surface area contributed by atoms with Gasteiger partial charge in [0.1, 0.15) is 0 Å². The molecule has 1 aromatic rings. The molecule has 0 spiro atoms. The smallest absolute Gasteiger partial charge is 0.232 e. The molecule has 126 valence electrons. The topological polar surface area (TPSA) is 71.1 Å². The van der Waals surface area contributed by atoms with Crippen LogP contribution < -0.4 is 0 Å². The molecule has 1 amide bonds. The lowest BCUT2D eigenvalue weighted by Crippen LogP contribution is -2.50. The van der Waals surface area contributed by atoms with E-state index in [-0.39, 0.29) is 17.9 Å². The third-order valence-electron chi connectivity index (χ3n) is 5.77. The molecule has 1 aliphatic heterocycles. The summed E-state index contributed by atoms with van der Waals surface area (Å²) >= 11 is 0. The minimum absolute atomic E-state index is 0.109. The number of hydrogen-bond donors (Lipinski definition) is 1. The molecule has 4 rings (SSSR count). The number of amides is 1. The van der Waals surface area contributed by atoms with Crippen molar-refractivity contribution in [2.45, 2.75) is 63.4 Å². The zero-order valence-corrected chi connectivity index (χ0v) is 13.7. The summed E-state index contributed by atoms with van der Waals surface area (Å²) < 4.78 is 6.01. The summed E-state index contributed by atoms with van der Waals surface area (Å²) in [7, 11) is 0. The van der Waals surface area contributed by atoms with Gasteiger partial charge >= 0.3 is 0 Å². The molecule has 1 aromatic heterocycles. The first kappa shape index (κ1) is 15.1. The molecule has 2 atom stereocenters. The fourth-order valence-corrected chi connectivity index (χ4v) is 4.46.